The molecule has 0 aliphatic rings. The highest BCUT2D eigenvalue weighted by atomic mass is 35.5. The molecule has 1 N–H and O–H groups in total. The van der Waals surface area contributed by atoms with E-state index < -0.39 is 0 Å². The summed E-state index contributed by atoms with van der Waals surface area (Å²) in [5, 5.41) is 3.92. The van der Waals surface area contributed by atoms with Crippen LogP contribution in [0.2, 0.25) is 5.02 Å². The first-order valence-corrected chi connectivity index (χ1v) is 7.31. The Hall–Kier alpha value is -1.71. The highest BCUT2D eigenvalue weighted by molar-refractivity contribution is 6.32. The number of hydrogen-bond acceptors (Lipinski definition) is 3. The van der Waals surface area contributed by atoms with Gasteiger partial charge in [0, 0.05) is 12.5 Å². The summed E-state index contributed by atoms with van der Waals surface area (Å²) in [6, 6.07) is 15.9. The summed E-state index contributed by atoms with van der Waals surface area (Å²) >= 11 is 6.06. The quantitative estimate of drug-likeness (QED) is 0.836. The Bertz CT molecular complexity index is 560. The lowest BCUT2D eigenvalue weighted by Gasteiger charge is -2.18. The van der Waals surface area contributed by atoms with Crippen LogP contribution in [0.5, 0.6) is 11.5 Å². The maximum absolute atomic E-state index is 6.06. The Morgan fingerprint density at radius 3 is 2.57 bits per heavy atom. The van der Waals surface area contributed by atoms with Crippen LogP contribution in [0.1, 0.15) is 18.0 Å². The summed E-state index contributed by atoms with van der Waals surface area (Å²) in [5.74, 6) is 1.58. The van der Waals surface area contributed by atoms with E-state index in [-0.39, 0.29) is 6.04 Å². The summed E-state index contributed by atoms with van der Waals surface area (Å²) in [5.41, 5.74) is 1.13. The molecule has 1 atom stereocenters. The third kappa shape index (κ3) is 4.38. The minimum atomic E-state index is 0.194. The van der Waals surface area contributed by atoms with Crippen molar-refractivity contribution in [2.75, 3.05) is 20.8 Å². The number of hydrogen-bond donors (Lipinski definition) is 1. The average Bonchev–Trinajstić information content (AvgIpc) is 2.53. The molecule has 2 rings (SSSR count). The van der Waals surface area contributed by atoms with E-state index in [2.05, 4.69) is 5.32 Å². The van der Waals surface area contributed by atoms with E-state index in [1.165, 1.54) is 0 Å². The van der Waals surface area contributed by atoms with Crippen LogP contribution in [-0.4, -0.2) is 20.8 Å². The third-order valence-electron chi connectivity index (χ3n) is 3.34. The molecule has 0 saturated heterocycles. The van der Waals surface area contributed by atoms with Crippen molar-refractivity contribution >= 4 is 11.6 Å². The summed E-state index contributed by atoms with van der Waals surface area (Å²) in [4.78, 5) is 0. The lowest BCUT2D eigenvalue weighted by Crippen LogP contribution is -2.19. The Morgan fingerprint density at radius 2 is 1.90 bits per heavy atom. The Kier molecular flexibility index (Phi) is 5.90. The van der Waals surface area contributed by atoms with Gasteiger partial charge in [-0.05, 0) is 36.9 Å². The monoisotopic (exact) mass is 305 g/mol. The topological polar surface area (TPSA) is 30.5 Å². The maximum Gasteiger partial charge on any atom is 0.137 e. The van der Waals surface area contributed by atoms with Crippen LogP contribution in [0.3, 0.4) is 0 Å². The van der Waals surface area contributed by atoms with Gasteiger partial charge in [0.25, 0.3) is 0 Å². The number of nitrogens with one attached hydrogen (secondary N) is 1. The SMILES string of the molecule is CNC(CCOc1ccccc1)c1ccc(Cl)c(OC)c1. The fraction of sp³-hybridized carbons (Fsp3) is 0.294. The first kappa shape index (κ1) is 15.7. The van der Waals surface area contributed by atoms with Crippen LogP contribution >= 0.6 is 11.6 Å². The lowest BCUT2D eigenvalue weighted by atomic mass is 10.0. The molecule has 0 aromatic heterocycles. The van der Waals surface area contributed by atoms with Crippen LogP contribution < -0.4 is 14.8 Å². The van der Waals surface area contributed by atoms with Gasteiger partial charge in [0.2, 0.25) is 0 Å². The fourth-order valence-electron chi connectivity index (χ4n) is 2.18. The van der Waals surface area contributed by atoms with Crippen LogP contribution in [-0.2, 0) is 0 Å². The molecule has 0 aliphatic heterocycles. The first-order valence-electron chi connectivity index (χ1n) is 6.93. The van der Waals surface area contributed by atoms with E-state index in [0.717, 1.165) is 17.7 Å². The molecule has 0 amide bonds. The number of para-hydroxylation sites is 1. The second-order valence-electron chi connectivity index (χ2n) is 4.69. The zero-order valence-electron chi connectivity index (χ0n) is 12.3. The van der Waals surface area contributed by atoms with Gasteiger partial charge in [-0.2, -0.15) is 0 Å². The molecule has 3 nitrogen and oxygen atoms in total. The third-order valence-corrected chi connectivity index (χ3v) is 3.66. The molecular weight excluding hydrogens is 286 g/mol. The second-order valence-corrected chi connectivity index (χ2v) is 5.09. The van der Waals surface area contributed by atoms with Gasteiger partial charge in [-0.1, -0.05) is 35.9 Å². The predicted octanol–water partition coefficient (Wildman–Crippen LogP) is 4.08. The number of halogens is 1. The second kappa shape index (κ2) is 7.91. The predicted molar refractivity (Wildman–Crippen MR) is 86.4 cm³/mol. The summed E-state index contributed by atoms with van der Waals surface area (Å²) in [7, 11) is 3.56. The minimum Gasteiger partial charge on any atom is -0.495 e. The van der Waals surface area contributed by atoms with Crippen LogP contribution in [0.25, 0.3) is 0 Å². The molecule has 0 heterocycles. The molecular formula is C17H20ClNO2. The Balaban J connectivity index is 1.96. The molecule has 0 fully saturated rings. The van der Waals surface area contributed by atoms with Gasteiger partial charge in [0.1, 0.15) is 11.5 Å². The largest absolute Gasteiger partial charge is 0.495 e. The molecule has 1 unspecified atom stereocenters. The highest BCUT2D eigenvalue weighted by Gasteiger charge is 2.12. The van der Waals surface area contributed by atoms with Gasteiger partial charge in [0.15, 0.2) is 0 Å². The van der Waals surface area contributed by atoms with E-state index in [1.807, 2.05) is 55.6 Å². The standard InChI is InChI=1S/C17H20ClNO2/c1-19-16(10-11-21-14-6-4-3-5-7-14)13-8-9-15(18)17(12-13)20-2/h3-9,12,16,19H,10-11H2,1-2H3. The number of benzene rings is 2. The molecule has 0 aliphatic carbocycles. The zero-order chi connectivity index (χ0) is 15.1. The van der Waals surface area contributed by atoms with Crippen LogP contribution in [0.15, 0.2) is 48.5 Å². The number of ether oxygens (including phenoxy) is 2. The normalized spacial score (nSPS) is 12.0. The van der Waals surface area contributed by atoms with Crippen molar-refractivity contribution in [1.82, 2.24) is 5.32 Å². The summed E-state index contributed by atoms with van der Waals surface area (Å²) in [6.45, 7) is 0.639. The lowest BCUT2D eigenvalue weighted by molar-refractivity contribution is 0.290. The molecule has 0 radical (unpaired) electrons. The van der Waals surface area contributed by atoms with E-state index in [4.69, 9.17) is 21.1 Å². The van der Waals surface area contributed by atoms with Crippen molar-refractivity contribution in [3.63, 3.8) is 0 Å². The van der Waals surface area contributed by atoms with Gasteiger partial charge in [-0.25, -0.2) is 0 Å². The van der Waals surface area contributed by atoms with E-state index >= 15 is 0 Å². The van der Waals surface area contributed by atoms with Crippen LogP contribution in [0, 0.1) is 0 Å². The van der Waals surface area contributed by atoms with Gasteiger partial charge in [-0.15, -0.1) is 0 Å². The molecule has 4 heteroatoms. The highest BCUT2D eigenvalue weighted by Crippen LogP contribution is 2.28. The molecule has 2 aromatic rings. The van der Waals surface area contributed by atoms with E-state index in [9.17, 15) is 0 Å². The van der Waals surface area contributed by atoms with Crippen molar-refractivity contribution in [3.05, 3.63) is 59.1 Å². The molecule has 0 bridgehead atoms. The van der Waals surface area contributed by atoms with Crippen molar-refractivity contribution < 1.29 is 9.47 Å². The van der Waals surface area contributed by atoms with Crippen molar-refractivity contribution in [1.29, 1.82) is 0 Å². The van der Waals surface area contributed by atoms with E-state index in [1.54, 1.807) is 7.11 Å². The smallest absolute Gasteiger partial charge is 0.137 e. The van der Waals surface area contributed by atoms with Gasteiger partial charge < -0.3 is 14.8 Å². The number of rotatable bonds is 7. The molecule has 112 valence electrons. The summed E-state index contributed by atoms with van der Waals surface area (Å²) < 4.78 is 11.0. The van der Waals surface area contributed by atoms with Crippen LogP contribution in [0.4, 0.5) is 0 Å². The maximum atomic E-state index is 6.06. The molecule has 2 aromatic carbocycles. The zero-order valence-corrected chi connectivity index (χ0v) is 13.1. The Morgan fingerprint density at radius 1 is 1.14 bits per heavy atom. The summed E-state index contributed by atoms with van der Waals surface area (Å²) in [6.07, 6.45) is 0.857. The van der Waals surface area contributed by atoms with Gasteiger partial charge in [-0.3, -0.25) is 0 Å². The van der Waals surface area contributed by atoms with Crippen molar-refractivity contribution in [3.8, 4) is 11.5 Å². The Labute approximate surface area is 130 Å². The fourth-order valence-corrected chi connectivity index (χ4v) is 2.38. The van der Waals surface area contributed by atoms with E-state index in [0.29, 0.717) is 17.4 Å². The van der Waals surface area contributed by atoms with Crippen molar-refractivity contribution in [2.45, 2.75) is 12.5 Å². The van der Waals surface area contributed by atoms with Gasteiger partial charge in [0.05, 0.1) is 18.7 Å². The minimum absolute atomic E-state index is 0.194. The number of methoxy groups -OCH3 is 1. The molecule has 0 saturated carbocycles. The van der Waals surface area contributed by atoms with Crippen molar-refractivity contribution in [2.24, 2.45) is 0 Å². The average molecular weight is 306 g/mol. The first-order chi connectivity index (χ1) is 10.2. The van der Waals surface area contributed by atoms with Gasteiger partial charge >= 0.3 is 0 Å². The molecule has 21 heavy (non-hydrogen) atoms. The molecule has 0 spiro atoms.